The molecule has 1 aliphatic rings. The van der Waals surface area contributed by atoms with Crippen molar-refractivity contribution in [3.05, 3.63) is 65.5 Å². The molecule has 3 nitrogen and oxygen atoms in total. The number of hydrogen-bond donors (Lipinski definition) is 2. The van der Waals surface area contributed by atoms with Crippen LogP contribution in [-0.2, 0) is 6.54 Å². The second-order valence-corrected chi connectivity index (χ2v) is 6.32. The van der Waals surface area contributed by atoms with E-state index in [1.807, 2.05) is 30.3 Å². The lowest BCUT2D eigenvalue weighted by Gasteiger charge is -2.26. The standard InChI is InChI=1S/C17H17FN2OS/c18-13-6-7-16-14(10-13)15(8-9-22-16)20-17(21)19-11-12-4-2-1-3-5-12/h1-7,10,15H,8-9,11H2,(H2,19,20,21). The van der Waals surface area contributed by atoms with Crippen molar-refractivity contribution in [2.45, 2.75) is 23.9 Å². The zero-order chi connectivity index (χ0) is 15.4. The number of carbonyl (C=O) groups is 1. The van der Waals surface area contributed by atoms with Crippen LogP contribution < -0.4 is 10.6 Å². The van der Waals surface area contributed by atoms with Crippen LogP contribution in [0.3, 0.4) is 0 Å². The van der Waals surface area contributed by atoms with Crippen molar-refractivity contribution in [3.8, 4) is 0 Å². The van der Waals surface area contributed by atoms with Gasteiger partial charge in [-0.25, -0.2) is 9.18 Å². The molecule has 114 valence electrons. The van der Waals surface area contributed by atoms with Crippen molar-refractivity contribution in [2.24, 2.45) is 0 Å². The summed E-state index contributed by atoms with van der Waals surface area (Å²) < 4.78 is 13.4. The molecule has 2 aromatic rings. The lowest BCUT2D eigenvalue weighted by molar-refractivity contribution is 0.236. The number of urea groups is 1. The molecule has 2 amide bonds. The first-order chi connectivity index (χ1) is 10.7. The third kappa shape index (κ3) is 3.60. The molecular weight excluding hydrogens is 299 g/mol. The molecule has 0 fully saturated rings. The summed E-state index contributed by atoms with van der Waals surface area (Å²) >= 11 is 1.70. The Labute approximate surface area is 133 Å². The molecule has 1 atom stereocenters. The van der Waals surface area contributed by atoms with Crippen LogP contribution in [0.15, 0.2) is 53.4 Å². The van der Waals surface area contributed by atoms with E-state index in [-0.39, 0.29) is 17.9 Å². The van der Waals surface area contributed by atoms with Gasteiger partial charge in [0.25, 0.3) is 0 Å². The van der Waals surface area contributed by atoms with Gasteiger partial charge in [0, 0.05) is 17.2 Å². The summed E-state index contributed by atoms with van der Waals surface area (Å²) in [5, 5.41) is 5.78. The first-order valence-corrected chi connectivity index (χ1v) is 8.21. The molecule has 2 aromatic carbocycles. The van der Waals surface area contributed by atoms with E-state index >= 15 is 0 Å². The van der Waals surface area contributed by atoms with Crippen LogP contribution >= 0.6 is 11.8 Å². The van der Waals surface area contributed by atoms with Gasteiger partial charge in [0.15, 0.2) is 0 Å². The summed E-state index contributed by atoms with van der Waals surface area (Å²) in [6.07, 6.45) is 0.805. The largest absolute Gasteiger partial charge is 0.334 e. The number of rotatable bonds is 3. The summed E-state index contributed by atoms with van der Waals surface area (Å²) in [7, 11) is 0. The Morgan fingerprint density at radius 2 is 2.05 bits per heavy atom. The van der Waals surface area contributed by atoms with Crippen molar-refractivity contribution < 1.29 is 9.18 Å². The number of nitrogens with one attached hydrogen (secondary N) is 2. The maximum Gasteiger partial charge on any atom is 0.315 e. The van der Waals surface area contributed by atoms with Gasteiger partial charge in [0.05, 0.1) is 6.04 Å². The molecule has 5 heteroatoms. The molecule has 0 radical (unpaired) electrons. The van der Waals surface area contributed by atoms with Crippen molar-refractivity contribution in [1.82, 2.24) is 10.6 Å². The number of hydrogen-bond acceptors (Lipinski definition) is 2. The lowest BCUT2D eigenvalue weighted by Crippen LogP contribution is -2.38. The van der Waals surface area contributed by atoms with Gasteiger partial charge >= 0.3 is 6.03 Å². The normalized spacial score (nSPS) is 16.7. The molecule has 0 aliphatic carbocycles. The Morgan fingerprint density at radius 3 is 2.86 bits per heavy atom. The molecule has 3 rings (SSSR count). The summed E-state index contributed by atoms with van der Waals surface area (Å²) in [6.45, 7) is 0.476. The molecule has 0 aromatic heterocycles. The first-order valence-electron chi connectivity index (χ1n) is 7.23. The van der Waals surface area contributed by atoms with Gasteiger partial charge < -0.3 is 10.6 Å². The Morgan fingerprint density at radius 1 is 1.23 bits per heavy atom. The molecule has 1 unspecified atom stereocenters. The van der Waals surface area contributed by atoms with E-state index in [1.165, 1.54) is 12.1 Å². The van der Waals surface area contributed by atoms with Gasteiger partial charge in [-0.3, -0.25) is 0 Å². The smallest absolute Gasteiger partial charge is 0.315 e. The van der Waals surface area contributed by atoms with Gasteiger partial charge in [-0.05, 0) is 35.7 Å². The fraction of sp³-hybridized carbons (Fsp3) is 0.235. The van der Waals surface area contributed by atoms with Gasteiger partial charge in [-0.1, -0.05) is 30.3 Å². The third-order valence-corrected chi connectivity index (χ3v) is 4.74. The van der Waals surface area contributed by atoms with E-state index in [2.05, 4.69) is 10.6 Å². The molecule has 0 bridgehead atoms. The molecule has 1 aliphatic heterocycles. The van der Waals surface area contributed by atoms with Crippen LogP contribution in [-0.4, -0.2) is 11.8 Å². The van der Waals surface area contributed by atoms with Crippen molar-refractivity contribution in [3.63, 3.8) is 0 Å². The number of amides is 2. The van der Waals surface area contributed by atoms with Crippen LogP contribution in [0.2, 0.25) is 0 Å². The third-order valence-electron chi connectivity index (χ3n) is 3.61. The van der Waals surface area contributed by atoms with Crippen LogP contribution in [0.5, 0.6) is 0 Å². The molecule has 0 saturated heterocycles. The van der Waals surface area contributed by atoms with Crippen LogP contribution in [0.25, 0.3) is 0 Å². The maximum atomic E-state index is 13.4. The average Bonchev–Trinajstić information content (AvgIpc) is 2.54. The monoisotopic (exact) mass is 316 g/mol. The van der Waals surface area contributed by atoms with Gasteiger partial charge in [0.1, 0.15) is 5.82 Å². The predicted octanol–water partition coefficient (Wildman–Crippen LogP) is 3.86. The number of carbonyl (C=O) groups excluding carboxylic acids is 1. The molecule has 22 heavy (non-hydrogen) atoms. The fourth-order valence-corrected chi connectivity index (χ4v) is 3.61. The van der Waals surface area contributed by atoms with E-state index in [0.717, 1.165) is 28.2 Å². The van der Waals surface area contributed by atoms with E-state index in [4.69, 9.17) is 0 Å². The summed E-state index contributed by atoms with van der Waals surface area (Å²) in [5.41, 5.74) is 1.91. The SMILES string of the molecule is O=C(NCc1ccccc1)NC1CCSc2ccc(F)cc21. The number of thioether (sulfide) groups is 1. The van der Waals surface area contributed by atoms with Crippen molar-refractivity contribution in [2.75, 3.05) is 5.75 Å². The van der Waals surface area contributed by atoms with E-state index < -0.39 is 0 Å². The maximum absolute atomic E-state index is 13.4. The summed E-state index contributed by atoms with van der Waals surface area (Å²) in [5.74, 6) is 0.653. The molecular formula is C17H17FN2OS. The van der Waals surface area contributed by atoms with E-state index in [1.54, 1.807) is 17.8 Å². The fourth-order valence-electron chi connectivity index (χ4n) is 2.50. The van der Waals surface area contributed by atoms with Crippen LogP contribution in [0.4, 0.5) is 9.18 Å². The summed E-state index contributed by atoms with van der Waals surface area (Å²) in [4.78, 5) is 13.1. The van der Waals surface area contributed by atoms with Gasteiger partial charge in [-0.15, -0.1) is 11.8 Å². The Balaban J connectivity index is 1.62. The zero-order valence-electron chi connectivity index (χ0n) is 12.0. The highest BCUT2D eigenvalue weighted by Crippen LogP contribution is 2.36. The second-order valence-electron chi connectivity index (χ2n) is 5.18. The summed E-state index contributed by atoms with van der Waals surface area (Å²) in [6, 6.07) is 14.1. The predicted molar refractivity (Wildman–Crippen MR) is 86.3 cm³/mol. The second kappa shape index (κ2) is 6.83. The highest BCUT2D eigenvalue weighted by molar-refractivity contribution is 7.99. The van der Waals surface area contributed by atoms with Gasteiger partial charge in [-0.2, -0.15) is 0 Å². The van der Waals surface area contributed by atoms with Crippen molar-refractivity contribution >= 4 is 17.8 Å². The zero-order valence-corrected chi connectivity index (χ0v) is 12.8. The first kappa shape index (κ1) is 14.9. The lowest BCUT2D eigenvalue weighted by atomic mass is 10.0. The minimum absolute atomic E-state index is 0.136. The van der Waals surface area contributed by atoms with E-state index in [0.29, 0.717) is 6.54 Å². The minimum Gasteiger partial charge on any atom is -0.334 e. The minimum atomic E-state index is -0.266. The Hall–Kier alpha value is -2.01. The van der Waals surface area contributed by atoms with Gasteiger partial charge in [0.2, 0.25) is 0 Å². The quantitative estimate of drug-likeness (QED) is 0.903. The topological polar surface area (TPSA) is 41.1 Å². The molecule has 0 spiro atoms. The van der Waals surface area contributed by atoms with Crippen molar-refractivity contribution in [1.29, 1.82) is 0 Å². The number of fused-ring (bicyclic) bond motifs is 1. The average molecular weight is 316 g/mol. The molecule has 0 saturated carbocycles. The van der Waals surface area contributed by atoms with Crippen LogP contribution in [0, 0.1) is 5.82 Å². The molecule has 1 heterocycles. The highest BCUT2D eigenvalue weighted by atomic mass is 32.2. The molecule has 2 N–H and O–H groups in total. The Kier molecular flexibility index (Phi) is 4.63. The number of benzene rings is 2. The highest BCUT2D eigenvalue weighted by Gasteiger charge is 2.22. The number of halogens is 1. The van der Waals surface area contributed by atoms with Crippen LogP contribution in [0.1, 0.15) is 23.6 Å². The van der Waals surface area contributed by atoms with E-state index in [9.17, 15) is 9.18 Å². The Bertz CT molecular complexity index is 663.